The van der Waals surface area contributed by atoms with Crippen LogP contribution in [0.5, 0.6) is 0 Å². The summed E-state index contributed by atoms with van der Waals surface area (Å²) in [4.78, 5) is 63.8. The molecule has 4 amide bonds. The van der Waals surface area contributed by atoms with Gasteiger partial charge in [-0.2, -0.15) is 0 Å². The highest BCUT2D eigenvalue weighted by atomic mass is 16.6. The van der Waals surface area contributed by atoms with Crippen molar-refractivity contribution in [1.82, 2.24) is 30.1 Å². The van der Waals surface area contributed by atoms with E-state index >= 15 is 0 Å². The zero-order valence-corrected chi connectivity index (χ0v) is 42.7. The molecule has 0 bridgehead atoms. The number of carbonyl (C=O) groups excluding carboxylic acids is 4. The van der Waals surface area contributed by atoms with Crippen molar-refractivity contribution in [1.29, 1.82) is 0 Å². The summed E-state index contributed by atoms with van der Waals surface area (Å²) in [5.74, 6) is 13.7. The van der Waals surface area contributed by atoms with Crippen LogP contribution >= 0.6 is 0 Å². The van der Waals surface area contributed by atoms with E-state index in [4.69, 9.17) is 28.5 Å². The van der Waals surface area contributed by atoms with Crippen LogP contribution in [0.2, 0.25) is 0 Å². The van der Waals surface area contributed by atoms with Crippen LogP contribution in [0, 0.1) is 51.4 Å². The molecule has 0 unspecified atom stereocenters. The van der Waals surface area contributed by atoms with Gasteiger partial charge in [-0.05, 0) is 161 Å². The fourth-order valence-corrected chi connectivity index (χ4v) is 7.09. The molecule has 0 fully saturated rings. The van der Waals surface area contributed by atoms with Crippen LogP contribution in [-0.4, -0.2) is 91.5 Å². The molecule has 4 heterocycles. The maximum Gasteiger partial charge on any atom is 0.410 e. The average molecular weight is 961 g/mol. The average Bonchev–Trinajstić information content (AvgIpc) is 3.83. The topological polar surface area (TPSA) is 195 Å². The van der Waals surface area contributed by atoms with Crippen LogP contribution < -0.4 is 10.6 Å². The number of pyridine rings is 2. The van der Waals surface area contributed by atoms with Crippen LogP contribution in [0.25, 0.3) is 22.3 Å². The second-order valence-electron chi connectivity index (χ2n) is 19.2. The van der Waals surface area contributed by atoms with Crippen molar-refractivity contribution >= 4 is 35.6 Å². The van der Waals surface area contributed by atoms with Gasteiger partial charge >= 0.3 is 12.2 Å². The van der Waals surface area contributed by atoms with Crippen molar-refractivity contribution < 1.29 is 37.7 Å². The number of carbonyl (C=O) groups is 4. The predicted molar refractivity (Wildman–Crippen MR) is 270 cm³/mol. The lowest BCUT2D eigenvalue weighted by Gasteiger charge is -2.28. The third-order valence-electron chi connectivity index (χ3n) is 11.1. The summed E-state index contributed by atoms with van der Waals surface area (Å²) in [6.45, 7) is 21.1. The van der Waals surface area contributed by atoms with E-state index in [0.717, 1.165) is 33.4 Å². The van der Waals surface area contributed by atoms with Gasteiger partial charge in [-0.1, -0.05) is 46.4 Å². The number of aryl methyl sites for hydroxylation is 4. The quantitative estimate of drug-likeness (QED) is 0.124. The van der Waals surface area contributed by atoms with Gasteiger partial charge in [0.25, 0.3) is 0 Å². The van der Waals surface area contributed by atoms with Crippen molar-refractivity contribution in [3.05, 3.63) is 129 Å². The molecule has 16 heteroatoms. The molecule has 0 saturated heterocycles. The molecule has 4 aromatic heterocycles. The Morgan fingerprint density at radius 2 is 0.915 bits per heavy atom. The van der Waals surface area contributed by atoms with Gasteiger partial charge in [-0.25, -0.2) is 19.6 Å². The van der Waals surface area contributed by atoms with E-state index in [2.05, 4.69) is 44.6 Å². The summed E-state index contributed by atoms with van der Waals surface area (Å²) in [5.41, 5.74) is 7.28. The number of nitrogens with one attached hydrogen (secondary N) is 2. The monoisotopic (exact) mass is 960 g/mol. The highest BCUT2D eigenvalue weighted by Crippen LogP contribution is 2.32. The highest BCUT2D eigenvalue weighted by molar-refractivity contribution is 5.96. The van der Waals surface area contributed by atoms with Gasteiger partial charge in [-0.3, -0.25) is 19.4 Å². The Morgan fingerprint density at radius 1 is 0.563 bits per heavy atom. The molecule has 0 aliphatic heterocycles. The number of likely N-dealkylation sites (N-methyl/N-ethyl adjacent to an activating group) is 2. The molecule has 368 valence electrons. The first-order valence-corrected chi connectivity index (χ1v) is 23.0. The first-order chi connectivity index (χ1) is 33.4. The minimum Gasteiger partial charge on any atom is -0.444 e. The summed E-state index contributed by atoms with van der Waals surface area (Å²) >= 11 is 0. The number of rotatable bonds is 10. The van der Waals surface area contributed by atoms with Crippen molar-refractivity contribution in [3.8, 4) is 45.9 Å². The number of hydrogen-bond acceptors (Lipinski definition) is 12. The summed E-state index contributed by atoms with van der Waals surface area (Å²) in [6.07, 6.45) is -0.584. The molecule has 2 N–H and O–H groups in total. The number of amides is 4. The molecule has 2 atom stereocenters. The molecule has 0 aliphatic carbocycles. The van der Waals surface area contributed by atoms with E-state index in [9.17, 15) is 19.2 Å². The molecule has 6 aromatic rings. The zero-order valence-electron chi connectivity index (χ0n) is 42.7. The standard InChI is InChI=1S/C55H60N8O8/c1-32-48(36(5)70-60-32)42-25-29-46(58-50(64)34(3)62(13)52(66)68-54(7,8)9)56-44(42)27-23-38-15-19-40(20-16-38)31-41-21-17-39(18-22-41)24-28-45-43(49-33(2)61-71-37(49)6)26-30-47(57-45)59-51(65)35(4)63(14)53(67)69-55(10,11)12/h15-22,25-26,29-30,34-35H,31H2,1-14H3,(H,56,58,64)(H,57,59,65)/t34-,35-/m0/s1. The van der Waals surface area contributed by atoms with Crippen LogP contribution in [0.4, 0.5) is 21.2 Å². The maximum atomic E-state index is 13.3. The highest BCUT2D eigenvalue weighted by Gasteiger charge is 2.29. The third kappa shape index (κ3) is 13.5. The summed E-state index contributed by atoms with van der Waals surface area (Å²) in [6, 6.07) is 21.1. The lowest BCUT2D eigenvalue weighted by molar-refractivity contribution is -0.121. The summed E-state index contributed by atoms with van der Waals surface area (Å²) < 4.78 is 21.8. The van der Waals surface area contributed by atoms with Gasteiger partial charge < -0.3 is 29.2 Å². The van der Waals surface area contributed by atoms with Gasteiger partial charge in [0.05, 0.1) is 22.5 Å². The van der Waals surface area contributed by atoms with Gasteiger partial charge in [0.15, 0.2) is 0 Å². The molecule has 71 heavy (non-hydrogen) atoms. The molecule has 6 rings (SSSR count). The van der Waals surface area contributed by atoms with Crippen molar-refractivity contribution in [2.24, 2.45) is 0 Å². The number of ether oxygens (including phenoxy) is 2. The number of benzene rings is 2. The van der Waals surface area contributed by atoms with E-state index in [-0.39, 0.29) is 11.6 Å². The van der Waals surface area contributed by atoms with Crippen LogP contribution in [0.1, 0.15) is 112 Å². The van der Waals surface area contributed by atoms with E-state index in [1.807, 2.05) is 88.4 Å². The van der Waals surface area contributed by atoms with E-state index < -0.39 is 47.3 Å². The Kier molecular flexibility index (Phi) is 15.9. The molecule has 0 spiro atoms. The molecule has 0 radical (unpaired) electrons. The lowest BCUT2D eigenvalue weighted by atomic mass is 10.0. The van der Waals surface area contributed by atoms with Gasteiger partial charge in [0.2, 0.25) is 11.8 Å². The fourth-order valence-electron chi connectivity index (χ4n) is 7.09. The van der Waals surface area contributed by atoms with Crippen molar-refractivity contribution in [2.75, 3.05) is 24.7 Å². The lowest BCUT2D eigenvalue weighted by Crippen LogP contribution is -2.45. The normalized spacial score (nSPS) is 12.0. The summed E-state index contributed by atoms with van der Waals surface area (Å²) in [7, 11) is 3.01. The second-order valence-corrected chi connectivity index (χ2v) is 19.2. The Bertz CT molecular complexity index is 2830. The molecule has 16 nitrogen and oxygen atoms in total. The van der Waals surface area contributed by atoms with Gasteiger partial charge in [-0.15, -0.1) is 0 Å². The molecule has 0 saturated carbocycles. The van der Waals surface area contributed by atoms with Crippen LogP contribution in [-0.2, 0) is 25.5 Å². The van der Waals surface area contributed by atoms with Crippen molar-refractivity contribution in [3.63, 3.8) is 0 Å². The van der Waals surface area contributed by atoms with E-state index in [0.29, 0.717) is 51.8 Å². The fraction of sp³-hybridized carbons (Fsp3) is 0.345. The Labute approximate surface area is 414 Å². The number of anilines is 2. The summed E-state index contributed by atoms with van der Waals surface area (Å²) in [5, 5.41) is 13.9. The van der Waals surface area contributed by atoms with Crippen LogP contribution in [0.3, 0.4) is 0 Å². The largest absolute Gasteiger partial charge is 0.444 e. The van der Waals surface area contributed by atoms with Crippen molar-refractivity contribution in [2.45, 2.75) is 113 Å². The smallest absolute Gasteiger partial charge is 0.410 e. The third-order valence-corrected chi connectivity index (χ3v) is 11.1. The predicted octanol–water partition coefficient (Wildman–Crippen LogP) is 9.80. The zero-order chi connectivity index (χ0) is 51.9. The maximum absolute atomic E-state index is 13.3. The molecular formula is C55H60N8O8. The SMILES string of the molecule is Cc1noc(C)c1-c1ccc(NC(=O)[C@H](C)N(C)C(=O)OC(C)(C)C)nc1C#Cc1ccc(Cc2ccc(C#Cc3nc(NC(=O)[C@H](C)N(C)C(=O)OC(C)(C)C)ccc3-c3c(C)noc3C)cc2)cc1. The van der Waals surface area contributed by atoms with Gasteiger partial charge in [0.1, 0.15) is 57.8 Å². The number of nitrogens with zero attached hydrogens (tertiary/aromatic N) is 6. The first-order valence-electron chi connectivity index (χ1n) is 23.0. The minimum absolute atomic E-state index is 0.262. The second kappa shape index (κ2) is 21.6. The molecule has 0 aliphatic rings. The number of aromatic nitrogens is 4. The molecule has 2 aromatic carbocycles. The Morgan fingerprint density at radius 3 is 1.23 bits per heavy atom. The molecular weight excluding hydrogens is 901 g/mol. The Balaban J connectivity index is 1.17. The van der Waals surface area contributed by atoms with Crippen LogP contribution in [0.15, 0.2) is 81.8 Å². The van der Waals surface area contributed by atoms with E-state index in [1.54, 1.807) is 67.5 Å². The first kappa shape index (κ1) is 52.1. The minimum atomic E-state index is -0.851. The Hall–Kier alpha value is -8.24. The van der Waals surface area contributed by atoms with E-state index in [1.165, 1.54) is 23.9 Å². The van der Waals surface area contributed by atoms with Gasteiger partial charge in [0, 0.05) is 36.3 Å². The number of hydrogen-bond donors (Lipinski definition) is 2.